The third kappa shape index (κ3) is 4.11. The van der Waals surface area contributed by atoms with Crippen LogP contribution in [0.2, 0.25) is 0 Å². The second-order valence-electron chi connectivity index (χ2n) is 5.18. The van der Waals surface area contributed by atoms with Crippen molar-refractivity contribution < 1.29 is 17.7 Å². The maximum Gasteiger partial charge on any atom is 0.272 e. The molecule has 2 N–H and O–H groups in total. The molecule has 1 atom stereocenters. The number of benzene rings is 1. The predicted molar refractivity (Wildman–Crippen MR) is 76.0 cm³/mol. The molecule has 0 aliphatic carbocycles. The van der Waals surface area contributed by atoms with Crippen LogP contribution < -0.4 is 10.0 Å². The number of nitro groups is 1. The molecule has 1 fully saturated rings. The summed E-state index contributed by atoms with van der Waals surface area (Å²) in [6, 6.07) is 3.47. The highest BCUT2D eigenvalue weighted by Gasteiger charge is 2.25. The van der Waals surface area contributed by atoms with Gasteiger partial charge in [-0.3, -0.25) is 10.1 Å². The van der Waals surface area contributed by atoms with Crippen LogP contribution >= 0.6 is 0 Å². The number of hydrogen-bond acceptors (Lipinski definition) is 5. The third-order valence-corrected chi connectivity index (χ3v) is 4.41. The normalized spacial score (nSPS) is 19.5. The summed E-state index contributed by atoms with van der Waals surface area (Å²) in [5, 5.41) is 15.6. The van der Waals surface area contributed by atoms with Gasteiger partial charge in [-0.25, -0.2) is 17.9 Å². The Balaban J connectivity index is 2.16. The Bertz CT molecular complexity index is 650. The van der Waals surface area contributed by atoms with Crippen LogP contribution in [0.1, 0.15) is 12.8 Å². The number of non-ortho nitro benzene ring substituents is 1. The monoisotopic (exact) mass is 317 g/mol. The van der Waals surface area contributed by atoms with Crippen LogP contribution in [0.3, 0.4) is 0 Å². The number of sulfonamides is 1. The summed E-state index contributed by atoms with van der Waals surface area (Å²) in [7, 11) is -3.57. The fourth-order valence-corrected chi connectivity index (χ4v) is 3.54. The van der Waals surface area contributed by atoms with Gasteiger partial charge >= 0.3 is 0 Å². The Morgan fingerprint density at radius 2 is 2.19 bits per heavy atom. The van der Waals surface area contributed by atoms with Gasteiger partial charge in [0.05, 0.1) is 22.4 Å². The minimum absolute atomic E-state index is 0.141. The number of anilines is 1. The highest BCUT2D eigenvalue weighted by Crippen LogP contribution is 2.28. The number of hydrogen-bond donors (Lipinski definition) is 1. The molecule has 1 aromatic rings. The van der Waals surface area contributed by atoms with Crippen LogP contribution in [0.25, 0.3) is 0 Å². The number of piperidine rings is 1. The van der Waals surface area contributed by atoms with Crippen molar-refractivity contribution >= 4 is 21.4 Å². The van der Waals surface area contributed by atoms with Crippen LogP contribution in [-0.4, -0.2) is 32.2 Å². The first-order valence-corrected chi connectivity index (χ1v) is 8.17. The zero-order chi connectivity index (χ0) is 15.6. The van der Waals surface area contributed by atoms with E-state index in [9.17, 15) is 22.9 Å². The smallest absolute Gasteiger partial charge is 0.272 e. The van der Waals surface area contributed by atoms with E-state index in [2.05, 4.69) is 0 Å². The molecule has 0 bridgehead atoms. The number of nitrogens with zero attached hydrogens (tertiary/aromatic N) is 2. The lowest BCUT2D eigenvalue weighted by Crippen LogP contribution is -2.39. The number of primary sulfonamides is 1. The largest absolute Gasteiger partial charge is 0.369 e. The lowest BCUT2D eigenvalue weighted by atomic mass is 9.99. The second-order valence-corrected chi connectivity index (χ2v) is 6.84. The van der Waals surface area contributed by atoms with E-state index in [-0.39, 0.29) is 23.0 Å². The lowest BCUT2D eigenvalue weighted by molar-refractivity contribution is -0.385. The summed E-state index contributed by atoms with van der Waals surface area (Å²) in [5.41, 5.74) is -0.0611. The van der Waals surface area contributed by atoms with Crippen molar-refractivity contribution in [3.63, 3.8) is 0 Å². The molecule has 9 heteroatoms. The highest BCUT2D eigenvalue weighted by atomic mass is 32.2. The third-order valence-electron chi connectivity index (χ3n) is 3.47. The number of rotatable bonds is 4. The van der Waals surface area contributed by atoms with Crippen molar-refractivity contribution in [2.45, 2.75) is 12.8 Å². The summed E-state index contributed by atoms with van der Waals surface area (Å²) in [4.78, 5) is 11.6. The van der Waals surface area contributed by atoms with Gasteiger partial charge in [0.2, 0.25) is 10.0 Å². The van der Waals surface area contributed by atoms with Gasteiger partial charge in [-0.05, 0) is 24.8 Å². The maximum absolute atomic E-state index is 14.0. The van der Waals surface area contributed by atoms with Crippen LogP contribution in [0.4, 0.5) is 15.8 Å². The van der Waals surface area contributed by atoms with Crippen LogP contribution in [0, 0.1) is 21.8 Å². The van der Waals surface area contributed by atoms with Crippen molar-refractivity contribution in [2.75, 3.05) is 23.7 Å². The summed E-state index contributed by atoms with van der Waals surface area (Å²) < 4.78 is 36.2. The molecule has 7 nitrogen and oxygen atoms in total. The standard InChI is InChI=1S/C12H16FN3O4S/c13-11-6-10(16(17)18)3-4-12(11)15-5-1-2-9(7-15)8-21(14,19)20/h3-4,6,9H,1-2,5,7-8H2,(H2,14,19,20)/t9-/m1/s1. The molecular formula is C12H16FN3O4S. The van der Waals surface area contributed by atoms with Gasteiger partial charge in [0.25, 0.3) is 5.69 Å². The average Bonchev–Trinajstić information content (AvgIpc) is 2.36. The van der Waals surface area contributed by atoms with Gasteiger partial charge in [-0.15, -0.1) is 0 Å². The fraction of sp³-hybridized carbons (Fsp3) is 0.500. The highest BCUT2D eigenvalue weighted by molar-refractivity contribution is 7.89. The van der Waals surface area contributed by atoms with E-state index >= 15 is 0 Å². The first kappa shape index (κ1) is 15.6. The Morgan fingerprint density at radius 1 is 1.48 bits per heavy atom. The van der Waals surface area contributed by atoms with Gasteiger partial charge in [0.15, 0.2) is 5.82 Å². The maximum atomic E-state index is 14.0. The molecule has 1 saturated heterocycles. The molecule has 0 aromatic heterocycles. The van der Waals surface area contributed by atoms with Gasteiger partial charge in [0, 0.05) is 19.2 Å². The molecule has 0 amide bonds. The van der Waals surface area contributed by atoms with Crippen molar-refractivity contribution in [1.29, 1.82) is 0 Å². The fourth-order valence-electron chi connectivity index (χ4n) is 2.61. The molecule has 116 valence electrons. The summed E-state index contributed by atoms with van der Waals surface area (Å²) in [5.74, 6) is -0.984. The number of nitro benzene ring substituents is 1. The molecule has 0 saturated carbocycles. The van der Waals surface area contributed by atoms with E-state index in [0.29, 0.717) is 19.5 Å². The summed E-state index contributed by atoms with van der Waals surface area (Å²) in [6.45, 7) is 0.945. The Labute approximate surface area is 121 Å². The molecule has 0 spiro atoms. The molecule has 2 rings (SSSR count). The first-order valence-electron chi connectivity index (χ1n) is 6.45. The van der Waals surface area contributed by atoms with E-state index in [0.717, 1.165) is 12.5 Å². The van der Waals surface area contributed by atoms with E-state index in [4.69, 9.17) is 5.14 Å². The molecule has 1 aliphatic heterocycles. The van der Waals surface area contributed by atoms with Crippen LogP contribution in [-0.2, 0) is 10.0 Å². The first-order chi connectivity index (χ1) is 9.76. The van der Waals surface area contributed by atoms with E-state index in [1.54, 1.807) is 4.90 Å². The average molecular weight is 317 g/mol. The van der Waals surface area contributed by atoms with E-state index in [1.165, 1.54) is 12.1 Å². The lowest BCUT2D eigenvalue weighted by Gasteiger charge is -2.34. The van der Waals surface area contributed by atoms with Crippen LogP contribution in [0.5, 0.6) is 0 Å². The molecule has 1 aliphatic rings. The predicted octanol–water partition coefficient (Wildman–Crippen LogP) is 1.24. The van der Waals surface area contributed by atoms with Crippen molar-refractivity contribution in [1.82, 2.24) is 0 Å². The summed E-state index contributed by atoms with van der Waals surface area (Å²) in [6.07, 6.45) is 1.43. The zero-order valence-corrected chi connectivity index (χ0v) is 12.1. The van der Waals surface area contributed by atoms with Crippen molar-refractivity contribution in [2.24, 2.45) is 11.1 Å². The quantitative estimate of drug-likeness (QED) is 0.664. The SMILES string of the molecule is NS(=O)(=O)C[C@@H]1CCCN(c2ccc([N+](=O)[O-])cc2F)C1. The van der Waals surface area contributed by atoms with Gasteiger partial charge in [-0.1, -0.05) is 0 Å². The number of nitrogens with two attached hydrogens (primary N) is 1. The number of halogens is 1. The van der Waals surface area contributed by atoms with Crippen LogP contribution in [0.15, 0.2) is 18.2 Å². The zero-order valence-electron chi connectivity index (χ0n) is 11.2. The minimum atomic E-state index is -3.57. The van der Waals surface area contributed by atoms with Gasteiger partial charge < -0.3 is 4.90 Å². The molecule has 0 radical (unpaired) electrons. The molecule has 1 aromatic carbocycles. The topological polar surface area (TPSA) is 107 Å². The molecule has 1 heterocycles. The Morgan fingerprint density at radius 3 is 2.76 bits per heavy atom. The van der Waals surface area contributed by atoms with Gasteiger partial charge in [-0.2, -0.15) is 0 Å². The minimum Gasteiger partial charge on any atom is -0.369 e. The second kappa shape index (κ2) is 5.94. The molecule has 21 heavy (non-hydrogen) atoms. The van der Waals surface area contributed by atoms with Crippen molar-refractivity contribution in [3.05, 3.63) is 34.1 Å². The summed E-state index contributed by atoms with van der Waals surface area (Å²) >= 11 is 0. The van der Waals surface area contributed by atoms with E-state index < -0.39 is 20.8 Å². The van der Waals surface area contributed by atoms with Crippen molar-refractivity contribution in [3.8, 4) is 0 Å². The van der Waals surface area contributed by atoms with Gasteiger partial charge in [0.1, 0.15) is 0 Å². The molecular weight excluding hydrogens is 301 g/mol. The Hall–Kier alpha value is -1.74. The Kier molecular flexibility index (Phi) is 4.43. The van der Waals surface area contributed by atoms with E-state index in [1.807, 2.05) is 0 Å². The molecule has 0 unspecified atom stereocenters.